The molecule has 5 heteroatoms. The second-order valence-electron chi connectivity index (χ2n) is 6.90. The van der Waals surface area contributed by atoms with E-state index in [0.29, 0.717) is 0 Å². The molecule has 0 bridgehead atoms. The van der Waals surface area contributed by atoms with Gasteiger partial charge in [0.1, 0.15) is 5.82 Å². The number of aromatic nitrogens is 1. The fraction of sp³-hybridized carbons (Fsp3) is 0.500. The van der Waals surface area contributed by atoms with E-state index in [1.807, 2.05) is 6.07 Å². The molecule has 0 N–H and O–H groups in total. The third-order valence-corrected chi connectivity index (χ3v) is 5.81. The summed E-state index contributed by atoms with van der Waals surface area (Å²) in [5.74, 6) is 1.37. The number of likely N-dealkylation sites (tertiary alicyclic amines) is 2. The van der Waals surface area contributed by atoms with E-state index < -0.39 is 0 Å². The molecule has 2 aliphatic rings. The zero-order valence-corrected chi connectivity index (χ0v) is 14.2. The Morgan fingerprint density at radius 2 is 1.83 bits per heavy atom. The molecule has 0 amide bonds. The van der Waals surface area contributed by atoms with Gasteiger partial charge in [-0.05, 0) is 36.5 Å². The number of rotatable bonds is 4. The first-order chi connectivity index (χ1) is 11.2. The molecule has 2 aromatic rings. The quantitative estimate of drug-likeness (QED) is 0.858. The first-order valence-electron chi connectivity index (χ1n) is 8.26. The lowest BCUT2D eigenvalue weighted by Crippen LogP contribution is -2.28. The number of thiazole rings is 1. The van der Waals surface area contributed by atoms with E-state index in [-0.39, 0.29) is 5.82 Å². The van der Waals surface area contributed by atoms with Crippen LogP contribution in [-0.4, -0.2) is 41.0 Å². The molecule has 2 aliphatic heterocycles. The summed E-state index contributed by atoms with van der Waals surface area (Å²) in [6, 6.07) is 7.00. The third-order valence-electron chi connectivity index (χ3n) is 4.98. The van der Waals surface area contributed by atoms with E-state index in [1.165, 1.54) is 24.8 Å². The van der Waals surface area contributed by atoms with Crippen LogP contribution < -0.4 is 0 Å². The maximum atomic E-state index is 13.3. The van der Waals surface area contributed by atoms with E-state index in [9.17, 15) is 4.39 Å². The highest BCUT2D eigenvalue weighted by Gasteiger charge is 2.39. The molecule has 122 valence electrons. The molecule has 2 saturated heterocycles. The third kappa shape index (κ3) is 3.47. The predicted octanol–water partition coefficient (Wildman–Crippen LogP) is 3.15. The average molecular weight is 331 g/mol. The van der Waals surface area contributed by atoms with Gasteiger partial charge in [0.15, 0.2) is 0 Å². The van der Waals surface area contributed by atoms with Crippen LogP contribution in [0.3, 0.4) is 0 Å². The standard InChI is InChI=1S/C18H22FN3S/c1-13-20-18(12-23-13)11-22-9-15-7-21(8-16(15)10-22)6-14-3-2-4-17(19)5-14/h2-5,12,15-16H,6-11H2,1H3/t15-,16-/m1/s1. The smallest absolute Gasteiger partial charge is 0.123 e. The van der Waals surface area contributed by atoms with Gasteiger partial charge in [-0.3, -0.25) is 9.80 Å². The SMILES string of the molecule is Cc1nc(CN2C[C@H]3CN(Cc4cccc(F)c4)C[C@@H]3C2)cs1. The second kappa shape index (κ2) is 6.30. The van der Waals surface area contributed by atoms with Crippen LogP contribution in [0.1, 0.15) is 16.3 Å². The summed E-state index contributed by atoms with van der Waals surface area (Å²) >= 11 is 1.74. The van der Waals surface area contributed by atoms with Crippen molar-refractivity contribution in [1.82, 2.24) is 14.8 Å². The number of halogens is 1. The van der Waals surface area contributed by atoms with E-state index in [2.05, 4.69) is 27.1 Å². The van der Waals surface area contributed by atoms with Crippen LogP contribution in [0.4, 0.5) is 4.39 Å². The van der Waals surface area contributed by atoms with Gasteiger partial charge in [-0.25, -0.2) is 9.37 Å². The number of hydrogen-bond donors (Lipinski definition) is 0. The van der Waals surface area contributed by atoms with Gasteiger partial charge in [0.2, 0.25) is 0 Å². The summed E-state index contributed by atoms with van der Waals surface area (Å²) in [6.07, 6.45) is 0. The number of fused-ring (bicyclic) bond motifs is 1. The predicted molar refractivity (Wildman–Crippen MR) is 90.8 cm³/mol. The Morgan fingerprint density at radius 3 is 2.43 bits per heavy atom. The molecule has 4 rings (SSSR count). The summed E-state index contributed by atoms with van der Waals surface area (Å²) in [5.41, 5.74) is 2.30. The highest BCUT2D eigenvalue weighted by molar-refractivity contribution is 7.09. The van der Waals surface area contributed by atoms with Crippen molar-refractivity contribution in [2.24, 2.45) is 11.8 Å². The van der Waals surface area contributed by atoms with Crippen LogP contribution in [0.2, 0.25) is 0 Å². The van der Waals surface area contributed by atoms with Gasteiger partial charge in [0, 0.05) is 44.6 Å². The lowest BCUT2D eigenvalue weighted by atomic mass is 10.0. The Labute approximate surface area is 140 Å². The van der Waals surface area contributed by atoms with Crippen molar-refractivity contribution in [3.63, 3.8) is 0 Å². The van der Waals surface area contributed by atoms with Crippen molar-refractivity contribution in [1.29, 1.82) is 0 Å². The van der Waals surface area contributed by atoms with Crippen LogP contribution in [0, 0.1) is 24.6 Å². The first-order valence-corrected chi connectivity index (χ1v) is 9.14. The minimum Gasteiger partial charge on any atom is -0.298 e. The zero-order chi connectivity index (χ0) is 15.8. The summed E-state index contributed by atoms with van der Waals surface area (Å²) in [4.78, 5) is 9.60. The van der Waals surface area contributed by atoms with Crippen molar-refractivity contribution >= 4 is 11.3 Å². The topological polar surface area (TPSA) is 19.4 Å². The summed E-state index contributed by atoms with van der Waals surface area (Å²) < 4.78 is 13.3. The summed E-state index contributed by atoms with van der Waals surface area (Å²) in [7, 11) is 0. The van der Waals surface area contributed by atoms with Gasteiger partial charge in [-0.1, -0.05) is 12.1 Å². The molecular weight excluding hydrogens is 309 g/mol. The van der Waals surface area contributed by atoms with E-state index >= 15 is 0 Å². The van der Waals surface area contributed by atoms with Gasteiger partial charge in [-0.2, -0.15) is 0 Å². The first kappa shape index (κ1) is 15.2. The van der Waals surface area contributed by atoms with Gasteiger partial charge in [-0.15, -0.1) is 11.3 Å². The molecule has 0 aliphatic carbocycles. The Balaban J connectivity index is 1.31. The Kier molecular flexibility index (Phi) is 4.18. The molecule has 3 nitrogen and oxygen atoms in total. The van der Waals surface area contributed by atoms with Crippen LogP contribution >= 0.6 is 11.3 Å². The van der Waals surface area contributed by atoms with E-state index in [0.717, 1.165) is 48.6 Å². The molecule has 0 radical (unpaired) electrons. The molecule has 0 spiro atoms. The van der Waals surface area contributed by atoms with E-state index in [1.54, 1.807) is 23.5 Å². The van der Waals surface area contributed by atoms with Crippen LogP contribution in [0.5, 0.6) is 0 Å². The van der Waals surface area contributed by atoms with Gasteiger partial charge in [0.25, 0.3) is 0 Å². The average Bonchev–Trinajstić information content (AvgIpc) is 3.14. The summed E-state index contributed by atoms with van der Waals surface area (Å²) in [6.45, 7) is 8.53. The van der Waals surface area contributed by atoms with Crippen molar-refractivity contribution in [2.75, 3.05) is 26.2 Å². The highest BCUT2D eigenvalue weighted by Crippen LogP contribution is 2.32. The van der Waals surface area contributed by atoms with Gasteiger partial charge >= 0.3 is 0 Å². The number of hydrogen-bond acceptors (Lipinski definition) is 4. The Bertz CT molecular complexity index is 672. The van der Waals surface area contributed by atoms with Crippen LogP contribution in [0.25, 0.3) is 0 Å². The lowest BCUT2D eigenvalue weighted by Gasteiger charge is -2.21. The molecule has 1 aromatic carbocycles. The fourth-order valence-electron chi connectivity index (χ4n) is 4.05. The van der Waals surface area contributed by atoms with Crippen molar-refractivity contribution < 1.29 is 4.39 Å². The molecule has 23 heavy (non-hydrogen) atoms. The molecule has 3 heterocycles. The second-order valence-corrected chi connectivity index (χ2v) is 7.96. The minimum atomic E-state index is -0.133. The lowest BCUT2D eigenvalue weighted by molar-refractivity contribution is 0.245. The van der Waals surface area contributed by atoms with Crippen LogP contribution in [0.15, 0.2) is 29.6 Å². The highest BCUT2D eigenvalue weighted by atomic mass is 32.1. The van der Waals surface area contributed by atoms with E-state index in [4.69, 9.17) is 0 Å². The molecule has 0 unspecified atom stereocenters. The number of aryl methyl sites for hydroxylation is 1. The molecule has 2 fully saturated rings. The maximum Gasteiger partial charge on any atom is 0.123 e. The zero-order valence-electron chi connectivity index (χ0n) is 13.4. The largest absolute Gasteiger partial charge is 0.298 e. The number of benzene rings is 1. The molecule has 1 aromatic heterocycles. The van der Waals surface area contributed by atoms with Crippen molar-refractivity contribution in [3.8, 4) is 0 Å². The number of nitrogens with zero attached hydrogens (tertiary/aromatic N) is 3. The fourth-order valence-corrected chi connectivity index (χ4v) is 4.65. The van der Waals surface area contributed by atoms with Crippen LogP contribution in [-0.2, 0) is 13.1 Å². The van der Waals surface area contributed by atoms with Crippen molar-refractivity contribution in [2.45, 2.75) is 20.0 Å². The molecular formula is C18H22FN3S. The maximum absolute atomic E-state index is 13.3. The summed E-state index contributed by atoms with van der Waals surface area (Å²) in [5, 5.41) is 3.33. The minimum absolute atomic E-state index is 0.133. The Morgan fingerprint density at radius 1 is 1.13 bits per heavy atom. The monoisotopic (exact) mass is 331 g/mol. The van der Waals surface area contributed by atoms with Gasteiger partial charge in [0.05, 0.1) is 10.7 Å². The normalized spacial score (nSPS) is 25.1. The molecule has 2 atom stereocenters. The van der Waals surface area contributed by atoms with Gasteiger partial charge < -0.3 is 0 Å². The molecule has 0 saturated carbocycles. The Hall–Kier alpha value is -1.30. The van der Waals surface area contributed by atoms with Crippen molar-refractivity contribution in [3.05, 3.63) is 51.7 Å².